The van der Waals surface area contributed by atoms with E-state index in [0.29, 0.717) is 37.6 Å². The van der Waals surface area contributed by atoms with Gasteiger partial charge >= 0.3 is 5.97 Å². The number of esters is 1. The van der Waals surface area contributed by atoms with Crippen molar-refractivity contribution in [2.45, 2.75) is 31.2 Å². The summed E-state index contributed by atoms with van der Waals surface area (Å²) < 4.78 is 15.8. The van der Waals surface area contributed by atoms with Crippen molar-refractivity contribution in [2.24, 2.45) is 0 Å². The highest BCUT2D eigenvalue weighted by atomic mass is 35.5. The Morgan fingerprint density at radius 1 is 1.28 bits per heavy atom. The molecule has 0 spiro atoms. The smallest absolute Gasteiger partial charge is 0.338 e. The number of hydrogen-bond donors (Lipinski definition) is 1. The second kappa shape index (κ2) is 7.19. The van der Waals surface area contributed by atoms with Crippen LogP contribution in [-0.2, 0) is 9.53 Å². The number of amides is 1. The van der Waals surface area contributed by atoms with Gasteiger partial charge in [-0.1, -0.05) is 11.6 Å². The molecule has 1 aromatic rings. The Bertz CT molecular complexity index is 737. The van der Waals surface area contributed by atoms with E-state index in [1.807, 2.05) is 0 Å². The van der Waals surface area contributed by atoms with Gasteiger partial charge in [-0.2, -0.15) is 5.26 Å². The fourth-order valence-corrected chi connectivity index (χ4v) is 3.25. The van der Waals surface area contributed by atoms with Gasteiger partial charge in [-0.15, -0.1) is 0 Å². The molecule has 1 aliphatic carbocycles. The van der Waals surface area contributed by atoms with Crippen LogP contribution in [0.5, 0.6) is 11.5 Å². The topological polar surface area (TPSA) is 97.7 Å². The maximum Gasteiger partial charge on any atom is 0.338 e. The summed E-state index contributed by atoms with van der Waals surface area (Å²) in [6.45, 7) is 0.284. The number of hydrogen-bond acceptors (Lipinski definition) is 6. The van der Waals surface area contributed by atoms with Crippen LogP contribution in [0.25, 0.3) is 0 Å². The first-order valence-corrected chi connectivity index (χ1v) is 8.39. The highest BCUT2D eigenvalue weighted by Gasteiger charge is 2.35. The van der Waals surface area contributed by atoms with Crippen molar-refractivity contribution in [3.8, 4) is 17.6 Å². The summed E-state index contributed by atoms with van der Waals surface area (Å²) in [7, 11) is 0. The molecule has 7 nitrogen and oxygen atoms in total. The maximum absolute atomic E-state index is 12.2. The Morgan fingerprint density at radius 2 is 2.00 bits per heavy atom. The molecule has 0 saturated heterocycles. The summed E-state index contributed by atoms with van der Waals surface area (Å²) in [5.41, 5.74) is -0.679. The minimum Gasteiger partial charge on any atom is -0.486 e. The zero-order valence-electron chi connectivity index (χ0n) is 13.5. The third-order valence-corrected chi connectivity index (χ3v) is 4.50. The van der Waals surface area contributed by atoms with E-state index in [1.165, 1.54) is 12.1 Å². The van der Waals surface area contributed by atoms with Gasteiger partial charge < -0.3 is 19.5 Å². The SMILES string of the molecule is N#CC1(NC(=O)COC(=O)c2cc(Cl)c3c(c2)OCCO3)CCCC1. The van der Waals surface area contributed by atoms with Crippen molar-refractivity contribution in [1.29, 1.82) is 5.26 Å². The fourth-order valence-electron chi connectivity index (χ4n) is 2.99. The Hall–Kier alpha value is -2.46. The van der Waals surface area contributed by atoms with Gasteiger partial charge in [0, 0.05) is 0 Å². The summed E-state index contributed by atoms with van der Waals surface area (Å²) in [4.78, 5) is 24.1. The number of rotatable bonds is 4. The van der Waals surface area contributed by atoms with Gasteiger partial charge in [0.2, 0.25) is 0 Å². The number of nitriles is 1. The van der Waals surface area contributed by atoms with E-state index in [2.05, 4.69) is 11.4 Å². The van der Waals surface area contributed by atoms with Crippen molar-refractivity contribution < 1.29 is 23.8 Å². The number of fused-ring (bicyclic) bond motifs is 1. The minimum atomic E-state index is -0.843. The van der Waals surface area contributed by atoms with Crippen molar-refractivity contribution in [3.05, 3.63) is 22.7 Å². The quantitative estimate of drug-likeness (QED) is 0.823. The number of nitrogens with zero attached hydrogens (tertiary/aromatic N) is 1. The third-order valence-electron chi connectivity index (χ3n) is 4.22. The van der Waals surface area contributed by atoms with Crippen LogP contribution in [0.2, 0.25) is 5.02 Å². The predicted molar refractivity (Wildman–Crippen MR) is 87.7 cm³/mol. The molecular formula is C17H17ClN2O5. The van der Waals surface area contributed by atoms with Gasteiger partial charge in [0.15, 0.2) is 18.1 Å². The number of ether oxygens (including phenoxy) is 3. The molecule has 0 aromatic heterocycles. The summed E-state index contributed by atoms with van der Waals surface area (Å²) in [5, 5.41) is 12.2. The molecule has 3 rings (SSSR count). The molecule has 0 unspecified atom stereocenters. The minimum absolute atomic E-state index is 0.165. The summed E-state index contributed by atoms with van der Waals surface area (Å²) in [5.74, 6) is -0.448. The molecule has 1 aromatic carbocycles. The molecule has 0 radical (unpaired) electrons. The van der Waals surface area contributed by atoms with E-state index in [-0.39, 0.29) is 10.6 Å². The normalized spacial score (nSPS) is 17.4. The Morgan fingerprint density at radius 3 is 2.72 bits per heavy atom. The van der Waals surface area contributed by atoms with Gasteiger partial charge in [0.05, 0.1) is 16.7 Å². The lowest BCUT2D eigenvalue weighted by Gasteiger charge is -2.22. The first-order chi connectivity index (χ1) is 12.0. The van der Waals surface area contributed by atoms with E-state index < -0.39 is 24.0 Å². The summed E-state index contributed by atoms with van der Waals surface area (Å²) >= 11 is 6.08. The van der Waals surface area contributed by atoms with Crippen molar-refractivity contribution in [2.75, 3.05) is 19.8 Å². The average molecular weight is 365 g/mol. The van der Waals surface area contributed by atoms with Gasteiger partial charge in [-0.3, -0.25) is 4.79 Å². The van der Waals surface area contributed by atoms with Crippen LogP contribution in [0.15, 0.2) is 12.1 Å². The lowest BCUT2D eigenvalue weighted by atomic mass is 10.00. The molecule has 1 heterocycles. The fraction of sp³-hybridized carbons (Fsp3) is 0.471. The van der Waals surface area contributed by atoms with Crippen LogP contribution in [0, 0.1) is 11.3 Å². The molecule has 2 aliphatic rings. The Labute approximate surface area is 149 Å². The number of benzene rings is 1. The molecule has 132 valence electrons. The van der Waals surface area contributed by atoms with Crippen molar-refractivity contribution in [1.82, 2.24) is 5.32 Å². The molecule has 1 N–H and O–H groups in total. The second-order valence-electron chi connectivity index (χ2n) is 6.01. The highest BCUT2D eigenvalue weighted by Crippen LogP contribution is 2.38. The molecule has 1 amide bonds. The van der Waals surface area contributed by atoms with Crippen LogP contribution in [0.4, 0.5) is 0 Å². The standard InChI is InChI=1S/C17H17ClN2O5/c18-12-7-11(8-13-15(12)24-6-5-23-13)16(22)25-9-14(21)20-17(10-19)3-1-2-4-17/h7-8H,1-6,9H2,(H,20,21). The van der Waals surface area contributed by atoms with Crippen LogP contribution in [-0.4, -0.2) is 37.2 Å². The van der Waals surface area contributed by atoms with E-state index in [1.54, 1.807) is 0 Å². The van der Waals surface area contributed by atoms with Gasteiger partial charge in [-0.25, -0.2) is 4.79 Å². The largest absolute Gasteiger partial charge is 0.486 e. The van der Waals surface area contributed by atoms with Crippen LogP contribution in [0.3, 0.4) is 0 Å². The zero-order chi connectivity index (χ0) is 17.9. The number of carbonyl (C=O) groups excluding carboxylic acids is 2. The molecule has 1 saturated carbocycles. The molecular weight excluding hydrogens is 348 g/mol. The zero-order valence-corrected chi connectivity index (χ0v) is 14.2. The lowest BCUT2D eigenvalue weighted by Crippen LogP contribution is -2.46. The van der Waals surface area contributed by atoms with Crippen LogP contribution < -0.4 is 14.8 Å². The first-order valence-electron chi connectivity index (χ1n) is 8.01. The molecule has 8 heteroatoms. The average Bonchev–Trinajstić information content (AvgIpc) is 3.08. The highest BCUT2D eigenvalue weighted by molar-refractivity contribution is 6.32. The molecule has 1 aliphatic heterocycles. The Kier molecular flexibility index (Phi) is 5.00. The number of nitrogens with one attached hydrogen (secondary N) is 1. The first kappa shape index (κ1) is 17.4. The maximum atomic E-state index is 12.2. The summed E-state index contributed by atoms with van der Waals surface area (Å²) in [6.07, 6.45) is 3.01. The molecule has 1 fully saturated rings. The van der Waals surface area contributed by atoms with Gasteiger partial charge in [0.1, 0.15) is 18.8 Å². The molecule has 25 heavy (non-hydrogen) atoms. The van der Waals surface area contributed by atoms with E-state index in [0.717, 1.165) is 12.8 Å². The lowest BCUT2D eigenvalue weighted by molar-refractivity contribution is -0.125. The van der Waals surface area contributed by atoms with E-state index >= 15 is 0 Å². The van der Waals surface area contributed by atoms with Crippen molar-refractivity contribution in [3.63, 3.8) is 0 Å². The predicted octanol–water partition coefficient (Wildman–Crippen LogP) is 2.22. The monoisotopic (exact) mass is 364 g/mol. The van der Waals surface area contributed by atoms with Gasteiger partial charge in [-0.05, 0) is 37.8 Å². The number of halogens is 1. The van der Waals surface area contributed by atoms with E-state index in [9.17, 15) is 14.9 Å². The molecule has 0 atom stereocenters. The Balaban J connectivity index is 1.60. The van der Waals surface area contributed by atoms with E-state index in [4.69, 9.17) is 25.8 Å². The van der Waals surface area contributed by atoms with Gasteiger partial charge in [0.25, 0.3) is 5.91 Å². The van der Waals surface area contributed by atoms with Crippen LogP contribution in [0.1, 0.15) is 36.0 Å². The number of carbonyl (C=O) groups is 2. The summed E-state index contributed by atoms with van der Waals surface area (Å²) in [6, 6.07) is 5.02. The van der Waals surface area contributed by atoms with Crippen LogP contribution >= 0.6 is 11.6 Å². The molecule has 0 bridgehead atoms. The second-order valence-corrected chi connectivity index (χ2v) is 6.41. The third kappa shape index (κ3) is 3.80. The van der Waals surface area contributed by atoms with Crippen molar-refractivity contribution >= 4 is 23.5 Å².